The second kappa shape index (κ2) is 12.4. The Balaban J connectivity index is 1.19. The molecule has 9 aromatic rings. The number of aromatic nitrogens is 3. The zero-order valence-electron chi connectivity index (χ0n) is 26.5. The van der Waals surface area contributed by atoms with Crippen molar-refractivity contribution in [1.82, 2.24) is 15.0 Å². The average molecular weight is 644 g/mol. The number of hydrogen-bond donors (Lipinski definition) is 0. The lowest BCUT2D eigenvalue weighted by atomic mass is 9.96. The number of rotatable bonds is 6. The van der Waals surface area contributed by atoms with Gasteiger partial charge in [-0.1, -0.05) is 158 Å². The van der Waals surface area contributed by atoms with Gasteiger partial charge in [-0.3, -0.25) is 0 Å². The molecule has 9 rings (SSSR count). The molecule has 0 aliphatic heterocycles. The Bertz CT molecular complexity index is 2560. The standard InChI is InChI=1S/C45H29N3S/c1-5-13-30(14-6-1)32-21-23-35(24-22-32)44-46-43(34-19-11-4-12-20-34)47-45(48-44)36-25-26-38-40-28-37(31-15-7-2-8-16-31)27-39(33-17-9-3-10-18-33)42(40)49-41(38)29-36/h1-29H. The highest BCUT2D eigenvalue weighted by molar-refractivity contribution is 7.26. The van der Waals surface area contributed by atoms with Crippen LogP contribution < -0.4 is 0 Å². The van der Waals surface area contributed by atoms with Crippen molar-refractivity contribution in [2.24, 2.45) is 0 Å². The molecule has 0 saturated heterocycles. The number of hydrogen-bond acceptors (Lipinski definition) is 4. The van der Waals surface area contributed by atoms with E-state index < -0.39 is 0 Å². The first-order valence-electron chi connectivity index (χ1n) is 16.4. The van der Waals surface area contributed by atoms with Gasteiger partial charge in [-0.25, -0.2) is 15.0 Å². The SMILES string of the molecule is c1ccc(-c2ccc(-c3nc(-c4ccccc4)nc(-c4ccc5c(c4)sc4c(-c6ccccc6)cc(-c6ccccc6)cc45)n3)cc2)cc1. The van der Waals surface area contributed by atoms with Crippen LogP contribution in [0.25, 0.3) is 87.7 Å². The van der Waals surface area contributed by atoms with Crippen molar-refractivity contribution in [3.05, 3.63) is 176 Å². The van der Waals surface area contributed by atoms with Crippen molar-refractivity contribution in [3.63, 3.8) is 0 Å². The molecule has 2 heterocycles. The fourth-order valence-electron chi connectivity index (χ4n) is 6.44. The van der Waals surface area contributed by atoms with Crippen molar-refractivity contribution >= 4 is 31.5 Å². The third kappa shape index (κ3) is 5.58. The summed E-state index contributed by atoms with van der Waals surface area (Å²) in [6.07, 6.45) is 0. The molecule has 0 fully saturated rings. The van der Waals surface area contributed by atoms with Crippen LogP contribution in [-0.2, 0) is 0 Å². The molecule has 49 heavy (non-hydrogen) atoms. The first kappa shape index (κ1) is 29.0. The van der Waals surface area contributed by atoms with Crippen LogP contribution in [0.2, 0.25) is 0 Å². The Kier molecular flexibility index (Phi) is 7.34. The molecular formula is C45H29N3S. The molecule has 0 amide bonds. The second-order valence-corrected chi connectivity index (χ2v) is 13.1. The number of fused-ring (bicyclic) bond motifs is 3. The first-order chi connectivity index (χ1) is 24.3. The van der Waals surface area contributed by atoms with E-state index >= 15 is 0 Å². The summed E-state index contributed by atoms with van der Waals surface area (Å²) in [5.74, 6) is 1.96. The average Bonchev–Trinajstić information content (AvgIpc) is 3.57. The maximum Gasteiger partial charge on any atom is 0.164 e. The minimum absolute atomic E-state index is 0.652. The molecule has 4 heteroatoms. The van der Waals surface area contributed by atoms with Gasteiger partial charge in [0.2, 0.25) is 0 Å². The Labute approximate surface area is 288 Å². The van der Waals surface area contributed by atoms with Gasteiger partial charge in [0.05, 0.1) is 0 Å². The molecule has 3 nitrogen and oxygen atoms in total. The summed E-state index contributed by atoms with van der Waals surface area (Å²) >= 11 is 1.83. The van der Waals surface area contributed by atoms with Crippen LogP contribution in [-0.4, -0.2) is 15.0 Å². The van der Waals surface area contributed by atoms with Gasteiger partial charge >= 0.3 is 0 Å². The minimum atomic E-state index is 0.652. The zero-order valence-corrected chi connectivity index (χ0v) is 27.3. The largest absolute Gasteiger partial charge is 0.208 e. The van der Waals surface area contributed by atoms with Gasteiger partial charge in [0, 0.05) is 42.4 Å². The zero-order chi connectivity index (χ0) is 32.6. The van der Waals surface area contributed by atoms with Gasteiger partial charge in [0.1, 0.15) is 0 Å². The van der Waals surface area contributed by atoms with Gasteiger partial charge in [-0.15, -0.1) is 11.3 Å². The fourth-order valence-corrected chi connectivity index (χ4v) is 7.70. The monoisotopic (exact) mass is 643 g/mol. The van der Waals surface area contributed by atoms with Crippen molar-refractivity contribution in [2.45, 2.75) is 0 Å². The highest BCUT2D eigenvalue weighted by Gasteiger charge is 2.17. The lowest BCUT2D eigenvalue weighted by Crippen LogP contribution is -2.00. The van der Waals surface area contributed by atoms with Gasteiger partial charge in [0.25, 0.3) is 0 Å². The normalized spacial score (nSPS) is 11.3. The predicted octanol–water partition coefficient (Wildman–Crippen LogP) is 12.2. The van der Waals surface area contributed by atoms with E-state index in [9.17, 15) is 0 Å². The maximum absolute atomic E-state index is 5.06. The molecule has 7 aromatic carbocycles. The van der Waals surface area contributed by atoms with E-state index in [2.05, 4.69) is 140 Å². The highest BCUT2D eigenvalue weighted by Crippen LogP contribution is 2.43. The Morgan fingerprint density at radius 2 is 0.735 bits per heavy atom. The summed E-state index contributed by atoms with van der Waals surface area (Å²) in [6, 6.07) is 61.6. The summed E-state index contributed by atoms with van der Waals surface area (Å²) in [4.78, 5) is 15.1. The molecular weight excluding hydrogens is 615 g/mol. The van der Waals surface area contributed by atoms with Crippen LogP contribution in [0.1, 0.15) is 0 Å². The summed E-state index contributed by atoms with van der Waals surface area (Å²) < 4.78 is 2.48. The van der Waals surface area contributed by atoms with Crippen molar-refractivity contribution in [1.29, 1.82) is 0 Å². The Morgan fingerprint density at radius 3 is 1.33 bits per heavy atom. The Morgan fingerprint density at radius 1 is 0.306 bits per heavy atom. The van der Waals surface area contributed by atoms with Crippen molar-refractivity contribution in [2.75, 3.05) is 0 Å². The Hall–Kier alpha value is -6.23. The van der Waals surface area contributed by atoms with Crippen LogP contribution in [0.15, 0.2) is 176 Å². The van der Waals surface area contributed by atoms with Crippen LogP contribution in [0.4, 0.5) is 0 Å². The minimum Gasteiger partial charge on any atom is -0.208 e. The lowest BCUT2D eigenvalue weighted by molar-refractivity contribution is 1.07. The van der Waals surface area contributed by atoms with E-state index in [0.29, 0.717) is 17.5 Å². The third-order valence-corrected chi connectivity index (χ3v) is 10.1. The summed E-state index contributed by atoms with van der Waals surface area (Å²) in [5.41, 5.74) is 10.1. The number of thiophene rings is 1. The predicted molar refractivity (Wildman–Crippen MR) is 205 cm³/mol. The van der Waals surface area contributed by atoms with E-state index in [1.165, 1.54) is 48.0 Å². The molecule has 0 atom stereocenters. The van der Waals surface area contributed by atoms with Gasteiger partial charge in [-0.05, 0) is 46.0 Å². The topological polar surface area (TPSA) is 38.7 Å². The molecule has 0 aliphatic rings. The van der Waals surface area contributed by atoms with E-state index in [4.69, 9.17) is 15.0 Å². The van der Waals surface area contributed by atoms with Crippen LogP contribution >= 0.6 is 11.3 Å². The molecule has 0 unspecified atom stereocenters. The van der Waals surface area contributed by atoms with Crippen molar-refractivity contribution in [3.8, 4) is 67.5 Å². The van der Waals surface area contributed by atoms with E-state index in [1.54, 1.807) is 0 Å². The molecule has 230 valence electrons. The fraction of sp³-hybridized carbons (Fsp3) is 0. The molecule has 0 aliphatic carbocycles. The van der Waals surface area contributed by atoms with Gasteiger partial charge in [0.15, 0.2) is 17.5 Å². The smallest absolute Gasteiger partial charge is 0.164 e. The van der Waals surface area contributed by atoms with Gasteiger partial charge < -0.3 is 0 Å². The third-order valence-electron chi connectivity index (χ3n) is 8.94. The molecule has 0 spiro atoms. The number of nitrogens with zero attached hydrogens (tertiary/aromatic N) is 3. The number of benzene rings is 7. The van der Waals surface area contributed by atoms with Crippen LogP contribution in [0, 0.1) is 0 Å². The summed E-state index contributed by atoms with van der Waals surface area (Å²) in [6.45, 7) is 0. The van der Waals surface area contributed by atoms with Crippen LogP contribution in [0.3, 0.4) is 0 Å². The molecule has 0 N–H and O–H groups in total. The second-order valence-electron chi connectivity index (χ2n) is 12.1. The maximum atomic E-state index is 5.06. The van der Waals surface area contributed by atoms with Gasteiger partial charge in [-0.2, -0.15) is 0 Å². The lowest BCUT2D eigenvalue weighted by Gasteiger charge is -2.09. The summed E-state index contributed by atoms with van der Waals surface area (Å²) in [5, 5.41) is 2.49. The molecule has 0 radical (unpaired) electrons. The molecule has 0 saturated carbocycles. The highest BCUT2D eigenvalue weighted by atomic mass is 32.1. The van der Waals surface area contributed by atoms with E-state index in [-0.39, 0.29) is 0 Å². The summed E-state index contributed by atoms with van der Waals surface area (Å²) in [7, 11) is 0. The van der Waals surface area contributed by atoms with E-state index in [1.807, 2.05) is 47.7 Å². The quantitative estimate of drug-likeness (QED) is 0.181. The van der Waals surface area contributed by atoms with Crippen LogP contribution in [0.5, 0.6) is 0 Å². The molecule has 2 aromatic heterocycles. The first-order valence-corrected chi connectivity index (χ1v) is 17.2. The molecule has 0 bridgehead atoms. The van der Waals surface area contributed by atoms with Crippen molar-refractivity contribution < 1.29 is 0 Å². The van der Waals surface area contributed by atoms with E-state index in [0.717, 1.165) is 22.3 Å².